The number of rotatable bonds is 3. The van der Waals surface area contributed by atoms with Gasteiger partial charge in [0.1, 0.15) is 0 Å². The molecule has 0 N–H and O–H groups in total. The molecule has 126 valence electrons. The topological polar surface area (TPSA) is 75.6 Å². The lowest BCUT2D eigenvalue weighted by Gasteiger charge is -2.26. The molecule has 0 saturated heterocycles. The summed E-state index contributed by atoms with van der Waals surface area (Å²) >= 11 is 0. The molecule has 0 fully saturated rings. The summed E-state index contributed by atoms with van der Waals surface area (Å²) in [7, 11) is 0. The maximum Gasteiger partial charge on any atom is 0.422 e. The van der Waals surface area contributed by atoms with Gasteiger partial charge in [-0.05, 0) is 25.5 Å². The fourth-order valence-electron chi connectivity index (χ4n) is 2.29. The van der Waals surface area contributed by atoms with Gasteiger partial charge in [0.25, 0.3) is 0 Å². The van der Waals surface area contributed by atoms with Gasteiger partial charge in [-0.2, -0.15) is 4.79 Å². The number of carbonyl (C=O) groups is 1. The Labute approximate surface area is 138 Å². The van der Waals surface area contributed by atoms with Crippen LogP contribution < -0.4 is 0 Å². The van der Waals surface area contributed by atoms with Crippen LogP contribution in [-0.2, 0) is 20.4 Å². The lowest BCUT2D eigenvalue weighted by atomic mass is 9.82. The highest BCUT2D eigenvalue weighted by Crippen LogP contribution is 2.31. The molecule has 1 rings (SSSR count). The Morgan fingerprint density at radius 3 is 2.17 bits per heavy atom. The third kappa shape index (κ3) is 4.26. The minimum Gasteiger partial charge on any atom is -0.457 e. The first-order valence-electron chi connectivity index (χ1n) is 7.85. The second-order valence-corrected chi connectivity index (χ2v) is 7.72. The molecule has 1 aromatic rings. The highest BCUT2D eigenvalue weighted by Gasteiger charge is 2.35. The third-order valence-electron chi connectivity index (χ3n) is 3.50. The van der Waals surface area contributed by atoms with E-state index in [4.69, 9.17) is 9.72 Å². The van der Waals surface area contributed by atoms with Crippen LogP contribution in [0.15, 0.2) is 6.07 Å². The molecule has 0 aliphatic carbocycles. The van der Waals surface area contributed by atoms with E-state index in [1.54, 1.807) is 6.92 Å². The maximum atomic E-state index is 12.1. The van der Waals surface area contributed by atoms with Crippen LogP contribution in [0.3, 0.4) is 0 Å². The molecule has 0 spiro atoms. The van der Waals surface area contributed by atoms with Gasteiger partial charge in [0.15, 0.2) is 0 Å². The quantitative estimate of drug-likeness (QED) is 0.370. The van der Waals surface area contributed by atoms with Gasteiger partial charge >= 0.3 is 11.7 Å². The summed E-state index contributed by atoms with van der Waals surface area (Å²) in [6.07, 6.45) is 0. The van der Waals surface area contributed by atoms with Crippen molar-refractivity contribution in [3.8, 4) is 0 Å². The van der Waals surface area contributed by atoms with Crippen LogP contribution in [-0.4, -0.2) is 28.1 Å². The molecule has 0 aliphatic rings. The fourth-order valence-corrected chi connectivity index (χ4v) is 2.29. The highest BCUT2D eigenvalue weighted by molar-refractivity contribution is 6.41. The van der Waals surface area contributed by atoms with Crippen LogP contribution in [0, 0.1) is 6.92 Å². The van der Waals surface area contributed by atoms with E-state index in [9.17, 15) is 10.3 Å². The van der Waals surface area contributed by atoms with E-state index in [1.165, 1.54) is 0 Å². The molecule has 1 heterocycles. The fraction of sp³-hybridized carbons (Fsp3) is 0.611. The van der Waals surface area contributed by atoms with Crippen LogP contribution in [0.4, 0.5) is 0 Å². The van der Waals surface area contributed by atoms with Crippen molar-refractivity contribution in [3.63, 3.8) is 0 Å². The van der Waals surface area contributed by atoms with E-state index in [0.29, 0.717) is 5.56 Å². The number of hydrogen-bond acceptors (Lipinski definition) is 3. The summed E-state index contributed by atoms with van der Waals surface area (Å²) < 4.78 is 5.01. The van der Waals surface area contributed by atoms with E-state index >= 15 is 0 Å². The van der Waals surface area contributed by atoms with Gasteiger partial charge in [0.2, 0.25) is 0 Å². The summed E-state index contributed by atoms with van der Waals surface area (Å²) in [4.78, 5) is 20.1. The van der Waals surface area contributed by atoms with Gasteiger partial charge in [-0.1, -0.05) is 41.5 Å². The highest BCUT2D eigenvalue weighted by atomic mass is 16.5. The number of nitrogens with zero attached hydrogens (tertiary/aromatic N) is 3. The lowest BCUT2D eigenvalue weighted by Crippen LogP contribution is -2.29. The molecule has 0 saturated carbocycles. The Morgan fingerprint density at radius 1 is 1.22 bits per heavy atom. The molecule has 0 unspecified atom stereocenters. The summed E-state index contributed by atoms with van der Waals surface area (Å²) in [6.45, 7) is 16.2. The number of pyridine rings is 1. The zero-order chi connectivity index (χ0) is 18.0. The molecule has 5 nitrogen and oxygen atoms in total. The summed E-state index contributed by atoms with van der Waals surface area (Å²) in [5, 5.41) is 0. The molecular formula is C18H27N3O2. The minimum absolute atomic E-state index is 0.0952. The van der Waals surface area contributed by atoms with Gasteiger partial charge in [-0.3, -0.25) is 4.98 Å². The van der Waals surface area contributed by atoms with Crippen molar-refractivity contribution in [2.45, 2.75) is 66.2 Å². The van der Waals surface area contributed by atoms with E-state index < -0.39 is 5.97 Å². The van der Waals surface area contributed by atoms with Crippen LogP contribution in [0.1, 0.15) is 71.0 Å². The second kappa shape index (κ2) is 6.63. The minimum atomic E-state index is -0.645. The van der Waals surface area contributed by atoms with Crippen molar-refractivity contribution < 1.29 is 14.3 Å². The van der Waals surface area contributed by atoms with Crippen molar-refractivity contribution in [2.24, 2.45) is 0 Å². The van der Waals surface area contributed by atoms with Crippen LogP contribution >= 0.6 is 0 Å². The third-order valence-corrected chi connectivity index (χ3v) is 3.50. The normalized spacial score (nSPS) is 11.8. The number of hydrogen-bond donors (Lipinski definition) is 0. The Kier molecular flexibility index (Phi) is 5.49. The van der Waals surface area contributed by atoms with Crippen LogP contribution in [0.2, 0.25) is 0 Å². The second-order valence-electron chi connectivity index (χ2n) is 7.72. The van der Waals surface area contributed by atoms with Gasteiger partial charge in [0.05, 0.1) is 17.9 Å². The maximum absolute atomic E-state index is 12.1. The van der Waals surface area contributed by atoms with Crippen molar-refractivity contribution in [1.82, 2.24) is 4.98 Å². The average Bonchev–Trinajstić information content (AvgIpc) is 2.38. The van der Waals surface area contributed by atoms with Gasteiger partial charge in [-0.25, -0.2) is 4.79 Å². The van der Waals surface area contributed by atoms with Gasteiger partial charge in [-0.15, -0.1) is 0 Å². The van der Waals surface area contributed by atoms with Crippen molar-refractivity contribution >= 4 is 11.7 Å². The summed E-state index contributed by atoms with van der Waals surface area (Å²) in [6, 6.07) is 1.94. The van der Waals surface area contributed by atoms with Crippen LogP contribution in [0.25, 0.3) is 5.53 Å². The molecule has 0 atom stereocenters. The molecule has 0 radical (unpaired) electrons. The van der Waals surface area contributed by atoms with E-state index in [2.05, 4.69) is 25.6 Å². The molecule has 0 amide bonds. The summed E-state index contributed by atoms with van der Waals surface area (Å²) in [5.74, 6) is -0.645. The molecule has 0 aliphatic heterocycles. The molecule has 0 aromatic carbocycles. The summed E-state index contributed by atoms with van der Waals surface area (Å²) in [5.41, 5.74) is 11.9. The first-order chi connectivity index (χ1) is 10.4. The first kappa shape index (κ1) is 19.0. The van der Waals surface area contributed by atoms with Crippen molar-refractivity contribution in [1.29, 1.82) is 0 Å². The number of esters is 1. The molecule has 23 heavy (non-hydrogen) atoms. The van der Waals surface area contributed by atoms with E-state index in [-0.39, 0.29) is 23.1 Å². The molecule has 1 aromatic heterocycles. The zero-order valence-corrected chi connectivity index (χ0v) is 15.4. The smallest absolute Gasteiger partial charge is 0.422 e. The van der Waals surface area contributed by atoms with E-state index in [0.717, 1.165) is 17.0 Å². The van der Waals surface area contributed by atoms with Gasteiger partial charge < -0.3 is 10.3 Å². The Balaban J connectivity index is 3.72. The zero-order valence-electron chi connectivity index (χ0n) is 15.4. The van der Waals surface area contributed by atoms with Gasteiger partial charge in [0, 0.05) is 16.5 Å². The van der Waals surface area contributed by atoms with Crippen molar-refractivity contribution in [3.05, 3.63) is 34.1 Å². The average molecular weight is 317 g/mol. The SMILES string of the molecule is CCOC(=O)C(=[N+]=[N-])c1c(C)cc(C(C)(C)C)nc1C(C)(C)C. The van der Waals surface area contributed by atoms with Crippen LogP contribution in [0.5, 0.6) is 0 Å². The molecular weight excluding hydrogens is 290 g/mol. The Hall–Kier alpha value is -2.00. The molecule has 0 bridgehead atoms. The molecule has 5 heteroatoms. The Bertz CT molecular complexity index is 658. The largest absolute Gasteiger partial charge is 0.457 e. The number of ether oxygens (including phenoxy) is 1. The standard InChI is InChI=1S/C18H27N3O2/c1-9-23-16(22)14(21-19)13-11(2)10-12(17(3,4)5)20-15(13)18(6,7)8/h10H,9H2,1-8H3. The predicted octanol–water partition coefficient (Wildman–Crippen LogP) is 3.57. The number of aryl methyl sites for hydroxylation is 1. The van der Waals surface area contributed by atoms with Crippen molar-refractivity contribution in [2.75, 3.05) is 6.61 Å². The monoisotopic (exact) mass is 317 g/mol. The lowest BCUT2D eigenvalue weighted by molar-refractivity contribution is -0.139. The number of aromatic nitrogens is 1. The van der Waals surface area contributed by atoms with E-state index in [1.807, 2.05) is 33.8 Å². The number of carbonyl (C=O) groups excluding carboxylic acids is 1. The first-order valence-corrected chi connectivity index (χ1v) is 7.85. The Morgan fingerprint density at radius 2 is 1.78 bits per heavy atom. The predicted molar refractivity (Wildman–Crippen MR) is 90.7 cm³/mol.